The first-order chi connectivity index (χ1) is 17.0. The number of carbonyl (C=O) groups is 3. The Morgan fingerprint density at radius 1 is 1.19 bits per heavy atom. The molecule has 0 bridgehead atoms. The molecule has 6 atom stereocenters. The Kier molecular flexibility index (Phi) is 5.98. The molecular formula is C26H33N3O7. The number of likely N-dealkylation sites (N-methyl/N-ethyl adjacent to an activating group) is 1. The molecule has 36 heavy (non-hydrogen) atoms. The number of nitrogens with two attached hydrogens (primary N) is 1. The molecule has 1 amide bonds. The predicted molar refractivity (Wildman–Crippen MR) is 128 cm³/mol. The van der Waals surface area contributed by atoms with Gasteiger partial charge in [0.2, 0.25) is 5.91 Å². The van der Waals surface area contributed by atoms with E-state index in [4.69, 9.17) is 5.73 Å². The van der Waals surface area contributed by atoms with Crippen LogP contribution in [0.1, 0.15) is 40.7 Å². The van der Waals surface area contributed by atoms with Gasteiger partial charge in [0.25, 0.3) is 0 Å². The minimum Gasteiger partial charge on any atom is -0.508 e. The van der Waals surface area contributed by atoms with E-state index in [0.717, 1.165) is 31.5 Å². The van der Waals surface area contributed by atoms with E-state index in [-0.39, 0.29) is 23.3 Å². The average molecular weight is 500 g/mol. The van der Waals surface area contributed by atoms with Crippen molar-refractivity contribution in [3.8, 4) is 5.75 Å². The van der Waals surface area contributed by atoms with Crippen molar-refractivity contribution in [1.82, 2.24) is 9.80 Å². The summed E-state index contributed by atoms with van der Waals surface area (Å²) < 4.78 is 0. The second-order valence-electron chi connectivity index (χ2n) is 10.9. The van der Waals surface area contributed by atoms with Crippen molar-refractivity contribution < 1.29 is 34.8 Å². The summed E-state index contributed by atoms with van der Waals surface area (Å²) in [6.07, 6.45) is 1.19. The van der Waals surface area contributed by atoms with E-state index in [1.807, 2.05) is 6.07 Å². The van der Waals surface area contributed by atoms with Crippen molar-refractivity contribution in [2.75, 3.05) is 27.2 Å². The monoisotopic (exact) mass is 499 g/mol. The van der Waals surface area contributed by atoms with E-state index >= 15 is 0 Å². The Bertz CT molecular complexity index is 1170. The first-order valence-corrected chi connectivity index (χ1v) is 12.4. The molecule has 5 rings (SSSR count). The Morgan fingerprint density at radius 2 is 1.86 bits per heavy atom. The number of rotatable bonds is 4. The molecule has 4 aliphatic rings. The van der Waals surface area contributed by atoms with Crippen LogP contribution in [0.15, 0.2) is 23.5 Å². The standard InChI is InChI=1S/C26H33N3O7/c1-28(2)20-15-10-13-9-14-12(11-29-7-3-4-8-29)5-6-16(30)18(14)21(31)17(13)23(33)26(15,36)24(34)19(22(20)32)25(27)35/h5-6,13,15,19-20,22,30,32-33,36H,3-4,7-11H2,1-2H3,(H2,27,35)/t13-,15-,19?,20-,22?,26-/m0/s1. The van der Waals surface area contributed by atoms with Crippen LogP contribution in [-0.2, 0) is 22.6 Å². The lowest BCUT2D eigenvalue weighted by molar-refractivity contribution is -0.178. The number of phenolic OH excluding ortho intramolecular Hbond substituents is 1. The van der Waals surface area contributed by atoms with Crippen LogP contribution in [0.4, 0.5) is 0 Å². The van der Waals surface area contributed by atoms with Crippen LogP contribution in [0.25, 0.3) is 0 Å². The van der Waals surface area contributed by atoms with Gasteiger partial charge in [0, 0.05) is 24.1 Å². The number of hydrogen-bond donors (Lipinski definition) is 5. The Morgan fingerprint density at radius 3 is 2.47 bits per heavy atom. The van der Waals surface area contributed by atoms with Gasteiger partial charge in [-0.25, -0.2) is 0 Å². The highest BCUT2D eigenvalue weighted by molar-refractivity contribution is 6.15. The van der Waals surface area contributed by atoms with Gasteiger partial charge in [-0.1, -0.05) is 6.07 Å². The number of nitrogens with zero attached hydrogens (tertiary/aromatic N) is 2. The number of carbonyl (C=O) groups excluding carboxylic acids is 3. The van der Waals surface area contributed by atoms with E-state index in [0.29, 0.717) is 18.5 Å². The zero-order chi connectivity index (χ0) is 26.1. The largest absolute Gasteiger partial charge is 0.508 e. The lowest BCUT2D eigenvalue weighted by atomic mass is 9.56. The van der Waals surface area contributed by atoms with Gasteiger partial charge in [0.05, 0.1) is 11.7 Å². The second-order valence-corrected chi connectivity index (χ2v) is 10.9. The number of hydrogen-bond acceptors (Lipinski definition) is 9. The van der Waals surface area contributed by atoms with Gasteiger partial charge in [0.15, 0.2) is 17.2 Å². The highest BCUT2D eigenvalue weighted by Gasteiger charge is 2.66. The number of aliphatic hydroxyl groups excluding tert-OH is 2. The average Bonchev–Trinajstić information content (AvgIpc) is 3.31. The molecule has 1 aliphatic heterocycles. The maximum atomic E-state index is 13.7. The van der Waals surface area contributed by atoms with Gasteiger partial charge >= 0.3 is 0 Å². The molecule has 2 fully saturated rings. The molecule has 1 saturated heterocycles. The summed E-state index contributed by atoms with van der Waals surface area (Å²) in [7, 11) is 3.29. The summed E-state index contributed by atoms with van der Waals surface area (Å²) in [5, 5.41) is 44.6. The molecule has 194 valence electrons. The minimum atomic E-state index is -2.56. The number of aliphatic hydroxyl groups is 3. The summed E-state index contributed by atoms with van der Waals surface area (Å²) >= 11 is 0. The zero-order valence-corrected chi connectivity index (χ0v) is 20.5. The van der Waals surface area contributed by atoms with Crippen molar-refractivity contribution in [2.24, 2.45) is 23.5 Å². The van der Waals surface area contributed by atoms with E-state index in [2.05, 4.69) is 4.90 Å². The number of aromatic hydroxyl groups is 1. The minimum absolute atomic E-state index is 0.0745. The number of likely N-dealkylation sites (tertiary alicyclic amines) is 1. The first-order valence-electron chi connectivity index (χ1n) is 12.4. The Labute approximate surface area is 209 Å². The molecule has 0 aromatic heterocycles. The third kappa shape index (κ3) is 3.42. The zero-order valence-electron chi connectivity index (χ0n) is 20.5. The Hall–Kier alpha value is -2.79. The van der Waals surface area contributed by atoms with Crippen molar-refractivity contribution in [1.29, 1.82) is 0 Å². The molecule has 1 saturated carbocycles. The lowest BCUT2D eigenvalue weighted by Gasteiger charge is -2.53. The van der Waals surface area contributed by atoms with Crippen molar-refractivity contribution >= 4 is 17.5 Å². The predicted octanol–water partition coefficient (Wildman–Crippen LogP) is -0.119. The van der Waals surface area contributed by atoms with Crippen LogP contribution in [0.2, 0.25) is 0 Å². The van der Waals surface area contributed by atoms with Gasteiger partial charge < -0.3 is 31.1 Å². The summed E-state index contributed by atoms with van der Waals surface area (Å²) in [5.41, 5.74) is 4.43. The lowest BCUT2D eigenvalue weighted by Crippen LogP contribution is -2.71. The molecule has 1 heterocycles. The second kappa shape index (κ2) is 8.65. The van der Waals surface area contributed by atoms with E-state index in [1.165, 1.54) is 6.07 Å². The van der Waals surface area contributed by atoms with E-state index in [9.17, 15) is 34.8 Å². The molecule has 1 aromatic rings. The van der Waals surface area contributed by atoms with Crippen LogP contribution in [-0.4, -0.2) is 92.6 Å². The SMILES string of the molecule is CN(C)[C@@H]1C(O)C(C(N)=O)C(=O)[C@@]2(O)C(O)=C3C(=O)c4c(O)ccc(CN5CCCC5)c4C[C@H]3C[C@@H]12. The number of benzene rings is 1. The summed E-state index contributed by atoms with van der Waals surface area (Å²) in [4.78, 5) is 43.1. The maximum Gasteiger partial charge on any atom is 0.230 e. The number of phenols is 1. The van der Waals surface area contributed by atoms with Gasteiger partial charge in [0.1, 0.15) is 17.4 Å². The molecule has 0 spiro atoms. The normalized spacial score (nSPS) is 34.5. The number of amides is 1. The number of fused-ring (bicyclic) bond motifs is 3. The smallest absolute Gasteiger partial charge is 0.230 e. The number of Topliss-reactive ketones (excluding diaryl/α,β-unsaturated/α-hetero) is 2. The van der Waals surface area contributed by atoms with Crippen molar-refractivity contribution in [2.45, 2.75) is 50.0 Å². The highest BCUT2D eigenvalue weighted by Crippen LogP contribution is 2.52. The maximum absolute atomic E-state index is 13.7. The fourth-order valence-corrected chi connectivity index (χ4v) is 7.00. The van der Waals surface area contributed by atoms with Crippen LogP contribution in [0.3, 0.4) is 0 Å². The van der Waals surface area contributed by atoms with Crippen molar-refractivity contribution in [3.05, 3.63) is 40.2 Å². The van der Waals surface area contributed by atoms with Crippen LogP contribution < -0.4 is 5.73 Å². The van der Waals surface area contributed by atoms with Crippen LogP contribution in [0, 0.1) is 17.8 Å². The Balaban J connectivity index is 1.64. The van der Waals surface area contributed by atoms with E-state index in [1.54, 1.807) is 19.0 Å². The molecule has 1 aromatic carbocycles. The first kappa shape index (κ1) is 24.9. The molecule has 10 heteroatoms. The van der Waals surface area contributed by atoms with Gasteiger partial charge in [-0.15, -0.1) is 0 Å². The topological polar surface area (TPSA) is 165 Å². The summed E-state index contributed by atoms with van der Waals surface area (Å²) in [5.74, 6) is -7.16. The molecule has 6 N–H and O–H groups in total. The van der Waals surface area contributed by atoms with Crippen LogP contribution >= 0.6 is 0 Å². The molecular weight excluding hydrogens is 466 g/mol. The molecule has 0 radical (unpaired) electrons. The summed E-state index contributed by atoms with van der Waals surface area (Å²) in [6.45, 7) is 2.55. The number of primary amides is 1. The fourth-order valence-electron chi connectivity index (χ4n) is 7.00. The quantitative estimate of drug-likeness (QED) is 0.355. The van der Waals surface area contributed by atoms with Crippen LogP contribution in [0.5, 0.6) is 5.75 Å². The van der Waals surface area contributed by atoms with Gasteiger partial charge in [-0.2, -0.15) is 0 Å². The van der Waals surface area contributed by atoms with Gasteiger partial charge in [-0.05, 0) is 76.0 Å². The van der Waals surface area contributed by atoms with Gasteiger partial charge in [-0.3, -0.25) is 19.3 Å². The number of allylic oxidation sites excluding steroid dienone is 1. The molecule has 3 aliphatic carbocycles. The molecule has 2 unspecified atom stereocenters. The van der Waals surface area contributed by atoms with Crippen molar-refractivity contribution in [3.63, 3.8) is 0 Å². The fraction of sp³-hybridized carbons (Fsp3) is 0.577. The highest BCUT2D eigenvalue weighted by atomic mass is 16.3. The third-order valence-electron chi connectivity index (χ3n) is 8.67. The number of ketones is 2. The summed E-state index contributed by atoms with van der Waals surface area (Å²) in [6, 6.07) is 2.41. The third-order valence-corrected chi connectivity index (χ3v) is 8.67. The van der Waals surface area contributed by atoms with E-state index < -0.39 is 58.7 Å². The molecule has 10 nitrogen and oxygen atoms in total.